The minimum Gasteiger partial charge on any atom is -0.461 e. The van der Waals surface area contributed by atoms with E-state index in [2.05, 4.69) is 10.3 Å². The molecule has 2 rings (SSSR count). The van der Waals surface area contributed by atoms with Crippen LogP contribution in [0.5, 0.6) is 0 Å². The average molecular weight is 316 g/mol. The highest BCUT2D eigenvalue weighted by Gasteiger charge is 2.23. The zero-order chi connectivity index (χ0) is 15.4. The average Bonchev–Trinajstić information content (AvgIpc) is 2.83. The van der Waals surface area contributed by atoms with Crippen LogP contribution in [0.3, 0.4) is 0 Å². The van der Waals surface area contributed by atoms with E-state index in [9.17, 15) is 13.6 Å². The van der Waals surface area contributed by atoms with Crippen LogP contribution in [0.4, 0.5) is 8.78 Å². The van der Waals surface area contributed by atoms with Crippen molar-refractivity contribution in [2.45, 2.75) is 19.9 Å². The van der Waals surface area contributed by atoms with Crippen molar-refractivity contribution in [1.29, 1.82) is 0 Å². The van der Waals surface area contributed by atoms with E-state index < -0.39 is 18.9 Å². The van der Waals surface area contributed by atoms with Gasteiger partial charge in [0.1, 0.15) is 12.2 Å². The molecule has 0 N–H and O–H groups in total. The number of carbonyl (C=O) groups excluding carboxylic acids is 1. The van der Waals surface area contributed by atoms with Crippen LogP contribution in [0.2, 0.25) is 5.02 Å². The molecule has 0 aliphatic rings. The summed E-state index contributed by atoms with van der Waals surface area (Å²) in [7, 11) is 0. The maximum Gasteiger partial charge on any atom is 0.361 e. The lowest BCUT2D eigenvalue weighted by Crippen LogP contribution is -2.11. The molecule has 0 fully saturated rings. The Labute approximate surface area is 124 Å². The van der Waals surface area contributed by atoms with Gasteiger partial charge in [-0.15, -0.1) is 5.10 Å². The molecule has 0 unspecified atom stereocenters. The summed E-state index contributed by atoms with van der Waals surface area (Å²) in [6, 6.07) is 6.38. The fraction of sp³-hybridized carbons (Fsp3) is 0.308. The Morgan fingerprint density at radius 2 is 2.05 bits per heavy atom. The van der Waals surface area contributed by atoms with Gasteiger partial charge in [-0.25, -0.2) is 18.3 Å². The van der Waals surface area contributed by atoms with Crippen LogP contribution in [-0.2, 0) is 11.3 Å². The molecule has 0 aliphatic carbocycles. The van der Waals surface area contributed by atoms with Crippen molar-refractivity contribution in [1.82, 2.24) is 15.0 Å². The summed E-state index contributed by atoms with van der Waals surface area (Å²) < 4.78 is 31.1. The third-order valence-electron chi connectivity index (χ3n) is 2.63. The molecule has 1 heterocycles. The molecule has 0 radical (unpaired) electrons. The minimum atomic E-state index is -2.62. The van der Waals surface area contributed by atoms with E-state index >= 15 is 0 Å². The summed E-state index contributed by atoms with van der Waals surface area (Å²) in [5.74, 6) is -0.706. The Bertz CT molecular complexity index is 629. The molecule has 8 heteroatoms. The van der Waals surface area contributed by atoms with Crippen molar-refractivity contribution in [3.05, 3.63) is 35.0 Å². The van der Waals surface area contributed by atoms with Crippen LogP contribution in [0, 0.1) is 0 Å². The summed E-state index contributed by atoms with van der Waals surface area (Å²) in [4.78, 5) is 11.9. The summed E-state index contributed by atoms with van der Waals surface area (Å²) >= 11 is 5.80. The molecule has 0 atom stereocenters. The van der Waals surface area contributed by atoms with E-state index in [1.54, 1.807) is 31.2 Å². The number of hydrogen-bond acceptors (Lipinski definition) is 4. The standard InChI is InChI=1S/C13H12ClF2N3O2/c1-2-21-13(20)11-12(8-3-5-9(14)6-4-8)19(18-17-11)7-10(15)16/h3-6,10H,2,7H2,1H3. The van der Waals surface area contributed by atoms with Gasteiger partial charge in [0.05, 0.1) is 6.61 Å². The maximum absolute atomic E-state index is 12.6. The van der Waals surface area contributed by atoms with E-state index in [1.807, 2.05) is 0 Å². The van der Waals surface area contributed by atoms with Gasteiger partial charge in [-0.2, -0.15) is 0 Å². The normalized spacial score (nSPS) is 10.9. The molecule has 1 aromatic carbocycles. The van der Waals surface area contributed by atoms with E-state index in [0.29, 0.717) is 10.6 Å². The van der Waals surface area contributed by atoms with Crippen LogP contribution < -0.4 is 0 Å². The van der Waals surface area contributed by atoms with E-state index in [1.165, 1.54) is 0 Å². The quantitative estimate of drug-likeness (QED) is 0.796. The third-order valence-corrected chi connectivity index (χ3v) is 2.88. The lowest BCUT2D eigenvalue weighted by Gasteiger charge is -2.08. The second-order valence-corrected chi connectivity index (χ2v) is 4.52. The topological polar surface area (TPSA) is 57.0 Å². The van der Waals surface area contributed by atoms with Gasteiger partial charge < -0.3 is 4.74 Å². The molecular weight excluding hydrogens is 304 g/mol. The summed E-state index contributed by atoms with van der Waals surface area (Å²) in [6.45, 7) is 1.13. The second-order valence-electron chi connectivity index (χ2n) is 4.09. The SMILES string of the molecule is CCOC(=O)c1nnn(CC(F)F)c1-c1ccc(Cl)cc1. The van der Waals surface area contributed by atoms with Gasteiger partial charge >= 0.3 is 5.97 Å². The number of ether oxygens (including phenoxy) is 1. The summed E-state index contributed by atoms with van der Waals surface area (Å²) in [5, 5.41) is 7.76. The monoisotopic (exact) mass is 315 g/mol. The number of alkyl halides is 2. The summed E-state index contributed by atoms with van der Waals surface area (Å²) in [6.07, 6.45) is -2.62. The highest BCUT2D eigenvalue weighted by atomic mass is 35.5. The molecule has 0 aliphatic heterocycles. The van der Waals surface area contributed by atoms with Crippen molar-refractivity contribution in [2.75, 3.05) is 6.61 Å². The Morgan fingerprint density at radius 3 is 2.62 bits per heavy atom. The van der Waals surface area contributed by atoms with Gasteiger partial charge in [-0.3, -0.25) is 0 Å². The number of hydrogen-bond donors (Lipinski definition) is 0. The van der Waals surface area contributed by atoms with E-state index in [0.717, 1.165) is 4.68 Å². The zero-order valence-corrected chi connectivity index (χ0v) is 11.8. The number of benzene rings is 1. The molecular formula is C13H12ClF2N3O2. The predicted octanol–water partition coefficient (Wildman–Crippen LogP) is 3.04. The number of esters is 1. The molecule has 0 saturated heterocycles. The Kier molecular flexibility index (Phi) is 4.85. The van der Waals surface area contributed by atoms with Crippen molar-refractivity contribution >= 4 is 17.6 Å². The Hall–Kier alpha value is -2.02. The van der Waals surface area contributed by atoms with Gasteiger partial charge in [0.25, 0.3) is 6.43 Å². The fourth-order valence-corrected chi connectivity index (χ4v) is 1.93. The molecule has 112 valence electrons. The first kappa shape index (κ1) is 15.4. The fourth-order valence-electron chi connectivity index (χ4n) is 1.80. The van der Waals surface area contributed by atoms with E-state index in [4.69, 9.17) is 16.3 Å². The highest BCUT2D eigenvalue weighted by Crippen LogP contribution is 2.25. The van der Waals surface area contributed by atoms with Crippen molar-refractivity contribution in [3.63, 3.8) is 0 Å². The molecule has 21 heavy (non-hydrogen) atoms. The molecule has 0 amide bonds. The van der Waals surface area contributed by atoms with Crippen molar-refractivity contribution in [3.8, 4) is 11.3 Å². The molecule has 0 spiro atoms. The van der Waals surface area contributed by atoms with E-state index in [-0.39, 0.29) is 18.0 Å². The van der Waals surface area contributed by atoms with Gasteiger partial charge in [0.15, 0.2) is 5.69 Å². The van der Waals surface area contributed by atoms with Crippen LogP contribution in [0.25, 0.3) is 11.3 Å². The number of carbonyl (C=O) groups is 1. The highest BCUT2D eigenvalue weighted by molar-refractivity contribution is 6.30. The Balaban J connectivity index is 2.49. The number of halogens is 3. The van der Waals surface area contributed by atoms with Crippen LogP contribution in [0.15, 0.2) is 24.3 Å². The van der Waals surface area contributed by atoms with Crippen LogP contribution in [0.1, 0.15) is 17.4 Å². The van der Waals surface area contributed by atoms with Crippen LogP contribution in [-0.4, -0.2) is 34.0 Å². The van der Waals surface area contributed by atoms with Gasteiger partial charge in [0.2, 0.25) is 0 Å². The maximum atomic E-state index is 12.6. The number of nitrogens with zero attached hydrogens (tertiary/aromatic N) is 3. The predicted molar refractivity (Wildman–Crippen MR) is 72.4 cm³/mol. The van der Waals surface area contributed by atoms with Gasteiger partial charge in [-0.05, 0) is 19.1 Å². The lowest BCUT2D eigenvalue weighted by atomic mass is 10.1. The van der Waals surface area contributed by atoms with Crippen LogP contribution >= 0.6 is 11.6 Å². The second kappa shape index (κ2) is 6.62. The molecule has 0 saturated carbocycles. The molecule has 0 bridgehead atoms. The smallest absolute Gasteiger partial charge is 0.361 e. The van der Waals surface area contributed by atoms with Gasteiger partial charge in [-0.1, -0.05) is 28.9 Å². The molecule has 1 aromatic heterocycles. The number of aromatic nitrogens is 3. The summed E-state index contributed by atoms with van der Waals surface area (Å²) in [5.41, 5.74) is 0.596. The largest absolute Gasteiger partial charge is 0.461 e. The lowest BCUT2D eigenvalue weighted by molar-refractivity contribution is 0.0520. The number of rotatable bonds is 5. The van der Waals surface area contributed by atoms with Gasteiger partial charge in [0, 0.05) is 10.6 Å². The first-order chi connectivity index (χ1) is 10.0. The zero-order valence-electron chi connectivity index (χ0n) is 11.1. The molecule has 2 aromatic rings. The molecule has 5 nitrogen and oxygen atoms in total. The minimum absolute atomic E-state index is 0.0974. The third kappa shape index (κ3) is 3.55. The van der Waals surface area contributed by atoms with Crippen molar-refractivity contribution < 1.29 is 18.3 Å². The first-order valence-electron chi connectivity index (χ1n) is 6.17. The first-order valence-corrected chi connectivity index (χ1v) is 6.55. The Morgan fingerprint density at radius 1 is 1.38 bits per heavy atom. The van der Waals surface area contributed by atoms with Crippen molar-refractivity contribution in [2.24, 2.45) is 0 Å².